The van der Waals surface area contributed by atoms with E-state index < -0.39 is 0 Å². The minimum Gasteiger partial charge on any atom is -0.351 e. The second-order valence-electron chi connectivity index (χ2n) is 2.90. The van der Waals surface area contributed by atoms with Crippen LogP contribution in [0.3, 0.4) is 0 Å². The fourth-order valence-electron chi connectivity index (χ4n) is 0.833. The van der Waals surface area contributed by atoms with Crippen LogP contribution in [-0.4, -0.2) is 23.7 Å². The highest BCUT2D eigenvalue weighted by Crippen LogP contribution is 1.95. The molecule has 0 aliphatic carbocycles. The molecule has 5 heteroatoms. The van der Waals surface area contributed by atoms with Crippen LogP contribution < -0.4 is 11.1 Å². The van der Waals surface area contributed by atoms with E-state index in [1.54, 1.807) is 0 Å². The Balaban J connectivity index is 2.27. The van der Waals surface area contributed by atoms with E-state index in [4.69, 9.17) is 5.73 Å². The van der Waals surface area contributed by atoms with Gasteiger partial charge >= 0.3 is 0 Å². The van der Waals surface area contributed by atoms with Crippen LogP contribution >= 0.6 is 0 Å². The Kier molecular flexibility index (Phi) is 3.45. The molecule has 5 nitrogen and oxygen atoms in total. The van der Waals surface area contributed by atoms with Gasteiger partial charge in [0.2, 0.25) is 5.76 Å². The van der Waals surface area contributed by atoms with Crippen molar-refractivity contribution in [3.63, 3.8) is 0 Å². The zero-order valence-electron chi connectivity index (χ0n) is 7.49. The van der Waals surface area contributed by atoms with Crippen molar-refractivity contribution in [2.24, 2.45) is 5.73 Å². The summed E-state index contributed by atoms with van der Waals surface area (Å²) in [5, 5.41) is 6.09. The number of hydrogen-bond donors (Lipinski definition) is 2. The molecule has 1 atom stereocenters. The Morgan fingerprint density at radius 3 is 3.15 bits per heavy atom. The van der Waals surface area contributed by atoms with E-state index in [1.807, 2.05) is 6.92 Å². The maximum atomic E-state index is 11.2. The molecule has 1 heterocycles. The molecule has 1 rings (SSSR count). The Morgan fingerprint density at radius 2 is 2.62 bits per heavy atom. The number of carbonyl (C=O) groups is 1. The topological polar surface area (TPSA) is 81.1 Å². The Morgan fingerprint density at radius 1 is 1.85 bits per heavy atom. The summed E-state index contributed by atoms with van der Waals surface area (Å²) >= 11 is 0. The van der Waals surface area contributed by atoms with E-state index in [0.717, 1.165) is 6.42 Å². The summed E-state index contributed by atoms with van der Waals surface area (Å²) < 4.78 is 4.66. The molecule has 0 saturated carbocycles. The maximum Gasteiger partial charge on any atom is 0.289 e. The molecular formula is C8H13N3O2. The van der Waals surface area contributed by atoms with Crippen LogP contribution in [0.2, 0.25) is 0 Å². The van der Waals surface area contributed by atoms with Crippen molar-refractivity contribution in [2.75, 3.05) is 6.54 Å². The smallest absolute Gasteiger partial charge is 0.289 e. The maximum absolute atomic E-state index is 11.2. The van der Waals surface area contributed by atoms with E-state index in [0.29, 0.717) is 6.54 Å². The molecule has 0 fully saturated rings. The molecule has 13 heavy (non-hydrogen) atoms. The molecule has 0 aliphatic rings. The van der Waals surface area contributed by atoms with Gasteiger partial charge in [0.25, 0.3) is 5.91 Å². The third-order valence-electron chi connectivity index (χ3n) is 1.55. The van der Waals surface area contributed by atoms with Gasteiger partial charge in [-0.1, -0.05) is 5.16 Å². The highest BCUT2D eigenvalue weighted by Gasteiger charge is 2.08. The number of aromatic nitrogens is 1. The number of nitrogens with zero attached hydrogens (tertiary/aromatic N) is 1. The number of hydrogen-bond acceptors (Lipinski definition) is 4. The number of carbonyl (C=O) groups excluding carboxylic acids is 1. The SMILES string of the molecule is CC(N)CCNC(=O)c1ccno1. The van der Waals surface area contributed by atoms with Crippen molar-refractivity contribution < 1.29 is 9.32 Å². The number of nitrogens with one attached hydrogen (secondary N) is 1. The van der Waals surface area contributed by atoms with E-state index in [1.165, 1.54) is 12.3 Å². The number of rotatable bonds is 4. The third-order valence-corrected chi connectivity index (χ3v) is 1.55. The van der Waals surface area contributed by atoms with Gasteiger partial charge in [-0.05, 0) is 13.3 Å². The highest BCUT2D eigenvalue weighted by atomic mass is 16.5. The molecule has 1 unspecified atom stereocenters. The lowest BCUT2D eigenvalue weighted by Gasteiger charge is -2.04. The zero-order chi connectivity index (χ0) is 9.68. The Hall–Kier alpha value is -1.36. The van der Waals surface area contributed by atoms with Gasteiger partial charge in [-0.25, -0.2) is 0 Å². The van der Waals surface area contributed by atoms with Crippen molar-refractivity contribution >= 4 is 5.91 Å². The lowest BCUT2D eigenvalue weighted by Crippen LogP contribution is -2.28. The molecule has 1 aromatic heterocycles. The second kappa shape index (κ2) is 4.61. The van der Waals surface area contributed by atoms with Gasteiger partial charge in [0.15, 0.2) is 0 Å². The van der Waals surface area contributed by atoms with Crippen LogP contribution in [0.25, 0.3) is 0 Å². The summed E-state index contributed by atoms with van der Waals surface area (Å²) in [5.74, 6) is -0.0252. The molecule has 1 aromatic rings. The van der Waals surface area contributed by atoms with Gasteiger partial charge < -0.3 is 15.6 Å². The first kappa shape index (κ1) is 9.73. The van der Waals surface area contributed by atoms with E-state index in [9.17, 15) is 4.79 Å². The van der Waals surface area contributed by atoms with Crippen LogP contribution in [-0.2, 0) is 0 Å². The first-order valence-electron chi connectivity index (χ1n) is 4.14. The summed E-state index contributed by atoms with van der Waals surface area (Å²) in [4.78, 5) is 11.2. The molecule has 0 radical (unpaired) electrons. The standard InChI is InChI=1S/C8H13N3O2/c1-6(9)2-4-10-8(12)7-3-5-11-13-7/h3,5-6H,2,4,9H2,1H3,(H,10,12). The van der Waals surface area contributed by atoms with E-state index >= 15 is 0 Å². The van der Waals surface area contributed by atoms with Crippen LogP contribution in [0, 0.1) is 0 Å². The molecule has 0 aliphatic heterocycles. The van der Waals surface area contributed by atoms with Gasteiger partial charge in [-0.3, -0.25) is 4.79 Å². The highest BCUT2D eigenvalue weighted by molar-refractivity contribution is 5.91. The van der Waals surface area contributed by atoms with Crippen molar-refractivity contribution in [3.05, 3.63) is 18.0 Å². The van der Waals surface area contributed by atoms with E-state index in [-0.39, 0.29) is 17.7 Å². The minimum absolute atomic E-state index is 0.0926. The van der Waals surface area contributed by atoms with Gasteiger partial charge in [-0.2, -0.15) is 0 Å². The minimum atomic E-state index is -0.252. The average Bonchev–Trinajstić information content (AvgIpc) is 2.55. The Labute approximate surface area is 76.3 Å². The van der Waals surface area contributed by atoms with Crippen molar-refractivity contribution in [2.45, 2.75) is 19.4 Å². The first-order chi connectivity index (χ1) is 6.20. The molecule has 0 aromatic carbocycles. The molecule has 0 spiro atoms. The molecule has 3 N–H and O–H groups in total. The summed E-state index contributed by atoms with van der Waals surface area (Å²) in [5.41, 5.74) is 5.51. The summed E-state index contributed by atoms with van der Waals surface area (Å²) in [6.07, 6.45) is 2.18. The Bertz CT molecular complexity index is 256. The van der Waals surface area contributed by atoms with Gasteiger partial charge in [-0.15, -0.1) is 0 Å². The van der Waals surface area contributed by atoms with E-state index in [2.05, 4.69) is 15.0 Å². The normalized spacial score (nSPS) is 12.5. The predicted molar refractivity (Wildman–Crippen MR) is 47.1 cm³/mol. The second-order valence-corrected chi connectivity index (χ2v) is 2.90. The zero-order valence-corrected chi connectivity index (χ0v) is 7.49. The number of nitrogens with two attached hydrogens (primary N) is 1. The fraction of sp³-hybridized carbons (Fsp3) is 0.500. The third kappa shape index (κ3) is 3.25. The molecule has 72 valence electrons. The molecule has 1 amide bonds. The summed E-state index contributed by atoms with van der Waals surface area (Å²) in [6, 6.07) is 1.61. The lowest BCUT2D eigenvalue weighted by molar-refractivity contribution is 0.0916. The van der Waals surface area contributed by atoms with Crippen molar-refractivity contribution in [1.29, 1.82) is 0 Å². The van der Waals surface area contributed by atoms with Crippen LogP contribution in [0.15, 0.2) is 16.8 Å². The van der Waals surface area contributed by atoms with Crippen LogP contribution in [0.5, 0.6) is 0 Å². The molecule has 0 bridgehead atoms. The monoisotopic (exact) mass is 183 g/mol. The first-order valence-corrected chi connectivity index (χ1v) is 4.14. The molecular weight excluding hydrogens is 170 g/mol. The van der Waals surface area contributed by atoms with Crippen LogP contribution in [0.4, 0.5) is 0 Å². The average molecular weight is 183 g/mol. The number of amides is 1. The van der Waals surface area contributed by atoms with Gasteiger partial charge in [0, 0.05) is 18.7 Å². The van der Waals surface area contributed by atoms with Gasteiger partial charge in [0.1, 0.15) is 0 Å². The van der Waals surface area contributed by atoms with Crippen molar-refractivity contribution in [3.8, 4) is 0 Å². The summed E-state index contributed by atoms with van der Waals surface area (Å²) in [6.45, 7) is 2.44. The van der Waals surface area contributed by atoms with Crippen LogP contribution in [0.1, 0.15) is 23.9 Å². The molecule has 0 saturated heterocycles. The quantitative estimate of drug-likeness (QED) is 0.695. The van der Waals surface area contributed by atoms with Crippen molar-refractivity contribution in [1.82, 2.24) is 10.5 Å². The predicted octanol–water partition coefficient (Wildman–Crippen LogP) is 0.142. The largest absolute Gasteiger partial charge is 0.351 e. The van der Waals surface area contributed by atoms with Gasteiger partial charge in [0.05, 0.1) is 6.20 Å². The lowest BCUT2D eigenvalue weighted by atomic mass is 10.2. The fourth-order valence-corrected chi connectivity index (χ4v) is 0.833. The summed E-state index contributed by atoms with van der Waals surface area (Å²) in [7, 11) is 0.